The van der Waals surface area contributed by atoms with E-state index in [2.05, 4.69) is 73.5 Å². The second-order valence-corrected chi connectivity index (χ2v) is 9.76. The molecule has 3 aromatic rings. The zero-order valence-corrected chi connectivity index (χ0v) is 19.5. The van der Waals surface area contributed by atoms with Gasteiger partial charge in [-0.3, -0.25) is 4.79 Å². The fraction of sp³-hybridized carbons (Fsp3) is 0.565. The quantitative estimate of drug-likeness (QED) is 0.528. The highest BCUT2D eigenvalue weighted by molar-refractivity contribution is 5.83. The number of tetrazole rings is 1. The highest BCUT2D eigenvalue weighted by Gasteiger charge is 2.39. The fourth-order valence-electron chi connectivity index (χ4n) is 4.70. The van der Waals surface area contributed by atoms with Gasteiger partial charge >= 0.3 is 0 Å². The van der Waals surface area contributed by atoms with Gasteiger partial charge in [-0.25, -0.2) is 4.68 Å². The second kappa shape index (κ2) is 8.16. The summed E-state index contributed by atoms with van der Waals surface area (Å²) in [6.45, 7) is 14.6. The first kappa shape index (κ1) is 21.6. The van der Waals surface area contributed by atoms with Crippen molar-refractivity contribution in [2.75, 3.05) is 33.2 Å². The molecule has 166 valence electrons. The molecule has 31 heavy (non-hydrogen) atoms. The van der Waals surface area contributed by atoms with E-state index >= 15 is 0 Å². The summed E-state index contributed by atoms with van der Waals surface area (Å²) in [6.07, 6.45) is 0.895. The molecule has 3 N–H and O–H groups in total. The van der Waals surface area contributed by atoms with Crippen LogP contribution < -0.4 is 15.4 Å². The summed E-state index contributed by atoms with van der Waals surface area (Å²) >= 11 is 0. The molecule has 0 amide bonds. The zero-order valence-electron chi connectivity index (χ0n) is 19.5. The molecule has 3 heterocycles. The Hall–Kier alpha value is -2.58. The number of pyridine rings is 1. The number of hydrogen-bond donors (Lipinski definition) is 3. The minimum Gasteiger partial charge on any atom is -0.328 e. The van der Waals surface area contributed by atoms with Gasteiger partial charge in [0.2, 0.25) is 5.82 Å². The first-order valence-electron chi connectivity index (χ1n) is 11.3. The topological polar surface area (TPSA) is 85.3 Å². The van der Waals surface area contributed by atoms with Gasteiger partial charge in [-0.05, 0) is 67.6 Å². The van der Waals surface area contributed by atoms with Crippen LogP contribution in [0.25, 0.3) is 10.9 Å². The van der Waals surface area contributed by atoms with Crippen molar-refractivity contribution in [2.24, 2.45) is 0 Å². The lowest BCUT2D eigenvalue weighted by Crippen LogP contribution is -3.27. The molecule has 1 saturated heterocycles. The predicted octanol–water partition coefficient (Wildman–Crippen LogP) is -0.221. The van der Waals surface area contributed by atoms with Crippen LogP contribution in [0.1, 0.15) is 55.7 Å². The Morgan fingerprint density at radius 1 is 1.16 bits per heavy atom. The number of nitrogens with one attached hydrogen (secondary N) is 3. The largest absolute Gasteiger partial charge is 0.328 e. The molecule has 1 fully saturated rings. The van der Waals surface area contributed by atoms with Gasteiger partial charge in [0.05, 0.1) is 23.7 Å². The van der Waals surface area contributed by atoms with Gasteiger partial charge in [-0.1, -0.05) is 18.6 Å². The molecule has 1 aliphatic heterocycles. The molecule has 0 unspecified atom stereocenters. The number of fused-ring (bicyclic) bond motifs is 1. The van der Waals surface area contributed by atoms with Crippen molar-refractivity contribution >= 4 is 10.9 Å². The van der Waals surface area contributed by atoms with Crippen molar-refractivity contribution in [2.45, 2.75) is 52.6 Å². The Morgan fingerprint density at radius 2 is 1.87 bits per heavy atom. The Bertz CT molecular complexity index is 1140. The number of aryl methyl sites for hydroxylation is 2. The number of H-pyrrole nitrogens is 1. The van der Waals surface area contributed by atoms with Gasteiger partial charge in [0, 0.05) is 0 Å². The van der Waals surface area contributed by atoms with Gasteiger partial charge in [-0.15, -0.1) is 5.10 Å². The molecule has 2 aromatic heterocycles. The van der Waals surface area contributed by atoms with Gasteiger partial charge in [0.15, 0.2) is 6.04 Å². The molecule has 4 rings (SSSR count). The van der Waals surface area contributed by atoms with E-state index in [0.717, 1.165) is 60.5 Å². The third-order valence-corrected chi connectivity index (χ3v) is 6.98. The highest BCUT2D eigenvalue weighted by atomic mass is 16.1. The molecule has 1 aromatic carbocycles. The first-order chi connectivity index (χ1) is 14.7. The smallest absolute Gasteiger partial charge is 0.258 e. The van der Waals surface area contributed by atoms with E-state index in [4.69, 9.17) is 0 Å². The van der Waals surface area contributed by atoms with E-state index in [9.17, 15) is 4.79 Å². The lowest BCUT2D eigenvalue weighted by molar-refractivity contribution is -1.02. The minimum absolute atomic E-state index is 0.0490. The summed E-state index contributed by atoms with van der Waals surface area (Å²) in [5.74, 6) is 0.774. The monoisotopic (exact) mass is 425 g/mol. The van der Waals surface area contributed by atoms with Crippen LogP contribution in [0.4, 0.5) is 0 Å². The Labute approximate surface area is 183 Å². The minimum atomic E-state index is -0.231. The third kappa shape index (κ3) is 4.02. The Kier molecular flexibility index (Phi) is 5.70. The standard InChI is InChI=1S/C23H33N7O/c1-7-23(4,5)30-21(25-26-27-30)20(29-10-8-28(6)9-11-29)18-14-17-13-15(2)12-16(3)19(17)24-22(18)31/h12-14,20H,7-11H2,1-6H3,(H,24,31)/p+2/t20-/m1/s1. The van der Waals surface area contributed by atoms with Crippen molar-refractivity contribution in [3.8, 4) is 0 Å². The van der Waals surface area contributed by atoms with Crippen molar-refractivity contribution < 1.29 is 9.80 Å². The molecule has 0 radical (unpaired) electrons. The van der Waals surface area contributed by atoms with Crippen LogP contribution in [0.5, 0.6) is 0 Å². The van der Waals surface area contributed by atoms with Gasteiger partial charge < -0.3 is 14.8 Å². The van der Waals surface area contributed by atoms with Gasteiger partial charge in [-0.2, -0.15) is 0 Å². The van der Waals surface area contributed by atoms with Gasteiger partial charge in [0.25, 0.3) is 5.56 Å². The summed E-state index contributed by atoms with van der Waals surface area (Å²) in [6, 6.07) is 6.10. The van der Waals surface area contributed by atoms with Crippen LogP contribution in [0.15, 0.2) is 23.0 Å². The van der Waals surface area contributed by atoms with Crippen molar-refractivity contribution in [1.82, 2.24) is 25.2 Å². The van der Waals surface area contributed by atoms with Crippen molar-refractivity contribution in [3.63, 3.8) is 0 Å². The van der Waals surface area contributed by atoms with Crippen LogP contribution in [0.2, 0.25) is 0 Å². The summed E-state index contributed by atoms with van der Waals surface area (Å²) < 4.78 is 1.93. The molecule has 1 atom stereocenters. The van der Waals surface area contributed by atoms with Crippen molar-refractivity contribution in [3.05, 3.63) is 51.1 Å². The second-order valence-electron chi connectivity index (χ2n) is 9.76. The number of aromatic nitrogens is 5. The number of aromatic amines is 1. The van der Waals surface area contributed by atoms with Crippen molar-refractivity contribution in [1.29, 1.82) is 0 Å². The summed E-state index contributed by atoms with van der Waals surface area (Å²) in [7, 11) is 2.23. The summed E-state index contributed by atoms with van der Waals surface area (Å²) in [5.41, 5.74) is 3.65. The number of quaternary nitrogens is 2. The molecule has 8 heteroatoms. The number of benzene rings is 1. The van der Waals surface area contributed by atoms with Crippen LogP contribution in [-0.4, -0.2) is 58.4 Å². The van der Waals surface area contributed by atoms with E-state index in [1.54, 1.807) is 0 Å². The molecular formula is C23H35N7O+2. The lowest BCUT2D eigenvalue weighted by atomic mass is 9.98. The maximum Gasteiger partial charge on any atom is 0.258 e. The van der Waals surface area contributed by atoms with E-state index in [0.29, 0.717) is 0 Å². The molecule has 1 aliphatic rings. The summed E-state index contributed by atoms with van der Waals surface area (Å²) in [5, 5.41) is 13.9. The third-order valence-electron chi connectivity index (χ3n) is 6.98. The van der Waals surface area contributed by atoms with Gasteiger partial charge in [0.1, 0.15) is 26.2 Å². The Balaban J connectivity index is 1.92. The molecular weight excluding hydrogens is 390 g/mol. The van der Waals surface area contributed by atoms with Crippen LogP contribution >= 0.6 is 0 Å². The van der Waals surface area contributed by atoms with E-state index < -0.39 is 0 Å². The molecule has 0 spiro atoms. The lowest BCUT2D eigenvalue weighted by Gasteiger charge is -2.34. The molecule has 0 bridgehead atoms. The maximum absolute atomic E-state index is 13.4. The van der Waals surface area contributed by atoms with E-state index in [-0.39, 0.29) is 17.1 Å². The van der Waals surface area contributed by atoms with E-state index in [1.807, 2.05) is 11.6 Å². The fourth-order valence-corrected chi connectivity index (χ4v) is 4.70. The number of likely N-dealkylation sites (N-methyl/N-ethyl adjacent to an activating group) is 1. The molecule has 8 nitrogen and oxygen atoms in total. The van der Waals surface area contributed by atoms with Crippen LogP contribution in [0.3, 0.4) is 0 Å². The number of nitrogens with zero attached hydrogens (tertiary/aromatic N) is 4. The number of piperazine rings is 1. The SMILES string of the molecule is CCC(C)(C)n1nnnc1[C@@H](c1cc2cc(C)cc(C)c2[nH]c1=O)[NH+]1CC[NH+](C)CC1. The highest BCUT2D eigenvalue weighted by Crippen LogP contribution is 2.25. The molecule has 0 saturated carbocycles. The first-order valence-corrected chi connectivity index (χ1v) is 11.3. The Morgan fingerprint density at radius 3 is 2.55 bits per heavy atom. The predicted molar refractivity (Wildman–Crippen MR) is 121 cm³/mol. The number of hydrogen-bond acceptors (Lipinski definition) is 4. The van der Waals surface area contributed by atoms with E-state index in [1.165, 1.54) is 15.4 Å². The normalized spacial score (nSPS) is 20.8. The van der Waals surface area contributed by atoms with Crippen LogP contribution in [-0.2, 0) is 5.54 Å². The van der Waals surface area contributed by atoms with Crippen LogP contribution in [0, 0.1) is 13.8 Å². The zero-order chi connectivity index (χ0) is 22.3. The maximum atomic E-state index is 13.4. The number of rotatable bonds is 5. The summed E-state index contributed by atoms with van der Waals surface area (Å²) in [4.78, 5) is 19.4. The average molecular weight is 426 g/mol. The molecule has 0 aliphatic carbocycles. The average Bonchev–Trinajstić information content (AvgIpc) is 3.21.